The van der Waals surface area contributed by atoms with Crippen LogP contribution in [0.4, 0.5) is 0 Å². The molecule has 0 aliphatic carbocycles. The van der Waals surface area contributed by atoms with Crippen LogP contribution < -0.4 is 14.2 Å². The van der Waals surface area contributed by atoms with Crippen LogP contribution in [0.15, 0.2) is 18.2 Å². The highest BCUT2D eigenvalue weighted by molar-refractivity contribution is 5.86. The molecule has 0 atom stereocenters. The second-order valence-corrected chi connectivity index (χ2v) is 3.51. The van der Waals surface area contributed by atoms with Crippen molar-refractivity contribution < 1.29 is 28.9 Å². The maximum absolute atomic E-state index is 11.0. The first-order chi connectivity index (χ1) is 8.97. The van der Waals surface area contributed by atoms with Crippen molar-refractivity contribution in [2.24, 2.45) is 0 Å². The molecule has 0 saturated heterocycles. The van der Waals surface area contributed by atoms with Gasteiger partial charge in [0, 0.05) is 24.6 Å². The van der Waals surface area contributed by atoms with E-state index in [9.17, 15) is 9.59 Å². The zero-order valence-corrected chi connectivity index (χ0v) is 10.8. The summed E-state index contributed by atoms with van der Waals surface area (Å²) in [5.74, 6) is -0.672. The highest BCUT2D eigenvalue weighted by atomic mass is 16.6. The number of carboxylic acid groups (broad SMARTS) is 1. The number of carbonyl (C=O) groups excluding carboxylic acids is 1. The fraction of sp³-hybridized carbons (Fsp3) is 0.231. The van der Waals surface area contributed by atoms with Crippen LogP contribution in [0, 0.1) is 0 Å². The minimum absolute atomic E-state index is 0.195. The smallest absolute Gasteiger partial charge is 0.328 e. The second kappa shape index (κ2) is 6.44. The Morgan fingerprint density at radius 3 is 2.21 bits per heavy atom. The van der Waals surface area contributed by atoms with E-state index in [1.807, 2.05) is 0 Å². The Morgan fingerprint density at radius 1 is 1.11 bits per heavy atom. The van der Waals surface area contributed by atoms with E-state index in [0.29, 0.717) is 17.1 Å². The number of ether oxygens (including phenoxy) is 3. The van der Waals surface area contributed by atoms with Crippen LogP contribution in [0.1, 0.15) is 12.5 Å². The van der Waals surface area contributed by atoms with Gasteiger partial charge in [-0.05, 0) is 12.1 Å². The summed E-state index contributed by atoms with van der Waals surface area (Å²) in [6.45, 7) is 1.26. The van der Waals surface area contributed by atoms with Crippen LogP contribution >= 0.6 is 0 Å². The van der Waals surface area contributed by atoms with Crippen LogP contribution in [0.2, 0.25) is 0 Å². The number of carboxylic acids is 1. The summed E-state index contributed by atoms with van der Waals surface area (Å²) in [5, 5.41) is 8.62. The average molecular weight is 266 g/mol. The molecule has 0 aliphatic rings. The SMILES string of the molecule is COc1cc(OC)c(OC(C)=O)cc1C=CC(=O)O. The van der Waals surface area contributed by atoms with Crippen LogP contribution in [-0.2, 0) is 9.59 Å². The molecule has 0 heterocycles. The molecule has 0 amide bonds. The van der Waals surface area contributed by atoms with E-state index in [0.717, 1.165) is 6.08 Å². The normalized spacial score (nSPS) is 10.3. The van der Waals surface area contributed by atoms with Crippen molar-refractivity contribution in [3.63, 3.8) is 0 Å². The lowest BCUT2D eigenvalue weighted by atomic mass is 10.1. The van der Waals surface area contributed by atoms with E-state index in [1.54, 1.807) is 0 Å². The second-order valence-electron chi connectivity index (χ2n) is 3.51. The minimum Gasteiger partial charge on any atom is -0.496 e. The standard InChI is InChI=1S/C13H14O6/c1-8(14)19-12-6-9(4-5-13(15)16)10(17-2)7-11(12)18-3/h4-7H,1-3H3,(H,15,16). The molecular weight excluding hydrogens is 252 g/mol. The third-order valence-electron chi connectivity index (χ3n) is 2.18. The summed E-state index contributed by atoms with van der Waals surface area (Å²) in [6, 6.07) is 2.98. The molecule has 1 aromatic rings. The van der Waals surface area contributed by atoms with Gasteiger partial charge in [0.15, 0.2) is 11.5 Å². The van der Waals surface area contributed by atoms with Crippen molar-refractivity contribution in [2.75, 3.05) is 14.2 Å². The van der Waals surface area contributed by atoms with Crippen LogP contribution in [0.5, 0.6) is 17.2 Å². The van der Waals surface area contributed by atoms with Crippen LogP contribution in [0.3, 0.4) is 0 Å². The molecule has 0 aliphatic heterocycles. The number of hydrogen-bond donors (Lipinski definition) is 1. The monoisotopic (exact) mass is 266 g/mol. The molecule has 6 nitrogen and oxygen atoms in total. The summed E-state index contributed by atoms with van der Waals surface area (Å²) < 4.78 is 15.2. The molecular formula is C13H14O6. The van der Waals surface area contributed by atoms with Crippen molar-refractivity contribution in [3.8, 4) is 17.2 Å². The van der Waals surface area contributed by atoms with Gasteiger partial charge in [-0.15, -0.1) is 0 Å². The van der Waals surface area contributed by atoms with Gasteiger partial charge in [-0.2, -0.15) is 0 Å². The predicted octanol–water partition coefficient (Wildman–Crippen LogP) is 1.73. The molecule has 1 aromatic carbocycles. The minimum atomic E-state index is -1.09. The summed E-state index contributed by atoms with van der Waals surface area (Å²) in [6.07, 6.45) is 2.30. The third-order valence-corrected chi connectivity index (χ3v) is 2.18. The van der Waals surface area contributed by atoms with Gasteiger partial charge >= 0.3 is 11.9 Å². The van der Waals surface area contributed by atoms with Crippen molar-refractivity contribution in [3.05, 3.63) is 23.8 Å². The fourth-order valence-corrected chi connectivity index (χ4v) is 1.42. The van der Waals surface area contributed by atoms with E-state index in [4.69, 9.17) is 19.3 Å². The van der Waals surface area contributed by atoms with Crippen molar-refractivity contribution in [1.82, 2.24) is 0 Å². The molecule has 0 fully saturated rings. The highest BCUT2D eigenvalue weighted by Crippen LogP contribution is 2.35. The van der Waals surface area contributed by atoms with Gasteiger partial charge in [-0.3, -0.25) is 4.79 Å². The Balaban J connectivity index is 3.28. The molecule has 0 unspecified atom stereocenters. The van der Waals surface area contributed by atoms with Gasteiger partial charge in [0.05, 0.1) is 14.2 Å². The number of methoxy groups -OCH3 is 2. The van der Waals surface area contributed by atoms with Gasteiger partial charge in [-0.25, -0.2) is 4.79 Å². The Bertz CT molecular complexity index is 518. The molecule has 6 heteroatoms. The number of esters is 1. The topological polar surface area (TPSA) is 82.1 Å². The molecule has 0 aromatic heterocycles. The molecule has 0 radical (unpaired) electrons. The van der Waals surface area contributed by atoms with Gasteiger partial charge < -0.3 is 19.3 Å². The van der Waals surface area contributed by atoms with Gasteiger partial charge in [0.25, 0.3) is 0 Å². The predicted molar refractivity (Wildman–Crippen MR) is 67.5 cm³/mol. The quantitative estimate of drug-likeness (QED) is 0.496. The summed E-state index contributed by atoms with van der Waals surface area (Å²) >= 11 is 0. The van der Waals surface area contributed by atoms with Crippen LogP contribution in [-0.4, -0.2) is 31.3 Å². The van der Waals surface area contributed by atoms with Gasteiger partial charge in [0.1, 0.15) is 5.75 Å². The lowest BCUT2D eigenvalue weighted by Crippen LogP contribution is -2.04. The highest BCUT2D eigenvalue weighted by Gasteiger charge is 2.12. The average Bonchev–Trinajstić information content (AvgIpc) is 2.35. The maximum Gasteiger partial charge on any atom is 0.328 e. The lowest BCUT2D eigenvalue weighted by molar-refractivity contribution is -0.132. The number of aliphatic carboxylic acids is 1. The summed E-state index contributed by atoms with van der Waals surface area (Å²) in [5.41, 5.74) is 0.460. The molecule has 1 N–H and O–H groups in total. The largest absolute Gasteiger partial charge is 0.496 e. The number of carbonyl (C=O) groups is 2. The number of hydrogen-bond acceptors (Lipinski definition) is 5. The van der Waals surface area contributed by atoms with Crippen LogP contribution in [0.25, 0.3) is 6.08 Å². The van der Waals surface area contributed by atoms with Crippen molar-refractivity contribution in [2.45, 2.75) is 6.92 Å². The molecule has 1 rings (SSSR count). The first-order valence-electron chi connectivity index (χ1n) is 5.33. The Morgan fingerprint density at radius 2 is 1.74 bits per heavy atom. The third kappa shape index (κ3) is 4.02. The zero-order chi connectivity index (χ0) is 14.4. The zero-order valence-electron chi connectivity index (χ0n) is 10.8. The Kier molecular flexibility index (Phi) is 4.93. The molecule has 0 saturated carbocycles. The van der Waals surface area contributed by atoms with Crippen molar-refractivity contribution >= 4 is 18.0 Å². The van der Waals surface area contributed by atoms with Gasteiger partial charge in [-0.1, -0.05) is 0 Å². The lowest BCUT2D eigenvalue weighted by Gasteiger charge is -2.12. The van der Waals surface area contributed by atoms with E-state index in [2.05, 4.69) is 0 Å². The number of rotatable bonds is 5. The first-order valence-corrected chi connectivity index (χ1v) is 5.33. The molecule has 102 valence electrons. The summed E-state index contributed by atoms with van der Waals surface area (Å²) in [4.78, 5) is 21.5. The Labute approximate surface area is 110 Å². The first kappa shape index (κ1) is 14.6. The van der Waals surface area contributed by atoms with Gasteiger partial charge in [0.2, 0.25) is 0 Å². The molecule has 19 heavy (non-hydrogen) atoms. The molecule has 0 bridgehead atoms. The van der Waals surface area contributed by atoms with E-state index in [-0.39, 0.29) is 5.75 Å². The maximum atomic E-state index is 11.0. The summed E-state index contributed by atoms with van der Waals surface area (Å²) in [7, 11) is 2.87. The van der Waals surface area contributed by atoms with E-state index in [1.165, 1.54) is 39.4 Å². The molecule has 0 spiro atoms. The Hall–Kier alpha value is -2.50. The fourth-order valence-electron chi connectivity index (χ4n) is 1.42. The van der Waals surface area contributed by atoms with Crippen molar-refractivity contribution in [1.29, 1.82) is 0 Å². The van der Waals surface area contributed by atoms with E-state index >= 15 is 0 Å². The number of benzene rings is 1. The van der Waals surface area contributed by atoms with E-state index < -0.39 is 11.9 Å².